The zero-order valence-corrected chi connectivity index (χ0v) is 8.71. The highest BCUT2D eigenvalue weighted by Crippen LogP contribution is 2.03. The van der Waals surface area contributed by atoms with E-state index < -0.39 is 0 Å². The SMILES string of the molecule is C=CCN(CC=C)CC(CC)CN. The second-order valence-corrected chi connectivity index (χ2v) is 3.31. The Bertz CT molecular complexity index is 129. The molecule has 0 spiro atoms. The van der Waals surface area contributed by atoms with E-state index in [0.717, 1.165) is 32.6 Å². The van der Waals surface area contributed by atoms with Crippen molar-refractivity contribution in [1.29, 1.82) is 0 Å². The Balaban J connectivity index is 3.89. The van der Waals surface area contributed by atoms with Crippen molar-refractivity contribution in [3.05, 3.63) is 25.3 Å². The Morgan fingerprint density at radius 1 is 1.31 bits per heavy atom. The van der Waals surface area contributed by atoms with Crippen LogP contribution in [-0.2, 0) is 0 Å². The second-order valence-electron chi connectivity index (χ2n) is 3.31. The van der Waals surface area contributed by atoms with Crippen LogP contribution in [0.1, 0.15) is 13.3 Å². The first-order chi connectivity index (χ1) is 6.28. The van der Waals surface area contributed by atoms with Gasteiger partial charge >= 0.3 is 0 Å². The Kier molecular flexibility index (Phi) is 7.65. The first-order valence-electron chi connectivity index (χ1n) is 4.92. The van der Waals surface area contributed by atoms with Crippen molar-refractivity contribution in [2.75, 3.05) is 26.2 Å². The molecule has 0 amide bonds. The molecule has 0 aliphatic carbocycles. The minimum atomic E-state index is 0.597. The predicted octanol–water partition coefficient (Wildman–Crippen LogP) is 1.65. The van der Waals surface area contributed by atoms with E-state index in [9.17, 15) is 0 Å². The molecule has 0 aromatic rings. The average molecular weight is 182 g/mol. The lowest BCUT2D eigenvalue weighted by atomic mass is 10.1. The van der Waals surface area contributed by atoms with Crippen LogP contribution in [0.2, 0.25) is 0 Å². The van der Waals surface area contributed by atoms with E-state index in [1.807, 2.05) is 12.2 Å². The van der Waals surface area contributed by atoms with Crippen molar-refractivity contribution in [3.8, 4) is 0 Å². The number of nitrogens with two attached hydrogens (primary N) is 1. The summed E-state index contributed by atoms with van der Waals surface area (Å²) in [5.74, 6) is 0.597. The average Bonchev–Trinajstić information content (AvgIpc) is 2.14. The van der Waals surface area contributed by atoms with Crippen LogP contribution in [0, 0.1) is 5.92 Å². The van der Waals surface area contributed by atoms with Crippen molar-refractivity contribution in [2.45, 2.75) is 13.3 Å². The van der Waals surface area contributed by atoms with Crippen molar-refractivity contribution in [3.63, 3.8) is 0 Å². The first-order valence-corrected chi connectivity index (χ1v) is 4.92. The lowest BCUT2D eigenvalue weighted by Crippen LogP contribution is -2.33. The van der Waals surface area contributed by atoms with Crippen LogP contribution in [0.3, 0.4) is 0 Å². The van der Waals surface area contributed by atoms with Crippen LogP contribution < -0.4 is 5.73 Å². The van der Waals surface area contributed by atoms with Gasteiger partial charge < -0.3 is 5.73 Å². The molecule has 0 aromatic heterocycles. The molecule has 2 heteroatoms. The maximum absolute atomic E-state index is 5.65. The highest BCUT2D eigenvalue weighted by Gasteiger charge is 2.08. The first kappa shape index (κ1) is 12.4. The van der Waals surface area contributed by atoms with Gasteiger partial charge in [-0.3, -0.25) is 4.90 Å². The summed E-state index contributed by atoms with van der Waals surface area (Å²) in [5.41, 5.74) is 5.65. The third-order valence-corrected chi connectivity index (χ3v) is 2.20. The lowest BCUT2D eigenvalue weighted by molar-refractivity contribution is 0.274. The molecule has 0 rings (SSSR count). The van der Waals surface area contributed by atoms with E-state index in [1.54, 1.807) is 0 Å². The van der Waals surface area contributed by atoms with Crippen molar-refractivity contribution in [1.82, 2.24) is 4.90 Å². The Hall–Kier alpha value is -0.600. The molecule has 0 heterocycles. The molecule has 1 unspecified atom stereocenters. The van der Waals surface area contributed by atoms with E-state index in [4.69, 9.17) is 5.73 Å². The number of rotatable bonds is 8. The molecule has 0 fully saturated rings. The van der Waals surface area contributed by atoms with Crippen LogP contribution in [0.4, 0.5) is 0 Å². The normalized spacial score (nSPS) is 12.8. The zero-order chi connectivity index (χ0) is 10.1. The molecule has 0 radical (unpaired) electrons. The standard InChI is InChI=1S/C11H22N2/c1-4-7-13(8-5-2)10-11(6-3)9-12/h4-5,11H,1-2,6-10,12H2,3H3. The van der Waals surface area contributed by atoms with Crippen LogP contribution in [0.5, 0.6) is 0 Å². The van der Waals surface area contributed by atoms with Crippen LogP contribution in [-0.4, -0.2) is 31.1 Å². The molecule has 13 heavy (non-hydrogen) atoms. The molecule has 0 saturated heterocycles. The van der Waals surface area contributed by atoms with Crippen LogP contribution in [0.15, 0.2) is 25.3 Å². The molecule has 0 aromatic carbocycles. The van der Waals surface area contributed by atoms with Gasteiger partial charge in [0.15, 0.2) is 0 Å². The van der Waals surface area contributed by atoms with E-state index in [2.05, 4.69) is 25.0 Å². The largest absolute Gasteiger partial charge is 0.330 e. The monoisotopic (exact) mass is 182 g/mol. The van der Waals surface area contributed by atoms with E-state index in [0.29, 0.717) is 5.92 Å². The molecule has 2 nitrogen and oxygen atoms in total. The highest BCUT2D eigenvalue weighted by atomic mass is 15.1. The van der Waals surface area contributed by atoms with Gasteiger partial charge in [-0.25, -0.2) is 0 Å². The maximum Gasteiger partial charge on any atom is 0.0164 e. The van der Waals surface area contributed by atoms with Gasteiger partial charge in [0.2, 0.25) is 0 Å². The fourth-order valence-electron chi connectivity index (χ4n) is 1.32. The van der Waals surface area contributed by atoms with E-state index in [1.165, 1.54) is 0 Å². The second kappa shape index (κ2) is 8.02. The topological polar surface area (TPSA) is 29.3 Å². The van der Waals surface area contributed by atoms with Gasteiger partial charge in [-0.05, 0) is 12.5 Å². The molecular formula is C11H22N2. The Labute approximate surface area is 82.1 Å². The minimum absolute atomic E-state index is 0.597. The summed E-state index contributed by atoms with van der Waals surface area (Å²) >= 11 is 0. The fraction of sp³-hybridized carbons (Fsp3) is 0.636. The minimum Gasteiger partial charge on any atom is -0.330 e. The lowest BCUT2D eigenvalue weighted by Gasteiger charge is -2.23. The molecule has 0 aliphatic heterocycles. The van der Waals surface area contributed by atoms with Gasteiger partial charge in [0.25, 0.3) is 0 Å². The number of hydrogen-bond acceptors (Lipinski definition) is 2. The zero-order valence-electron chi connectivity index (χ0n) is 8.71. The predicted molar refractivity (Wildman–Crippen MR) is 59.7 cm³/mol. The van der Waals surface area contributed by atoms with Crippen molar-refractivity contribution < 1.29 is 0 Å². The molecular weight excluding hydrogens is 160 g/mol. The molecule has 1 atom stereocenters. The molecule has 0 bridgehead atoms. The molecule has 0 saturated carbocycles. The van der Waals surface area contributed by atoms with Gasteiger partial charge in [0.1, 0.15) is 0 Å². The highest BCUT2D eigenvalue weighted by molar-refractivity contribution is 4.81. The fourth-order valence-corrected chi connectivity index (χ4v) is 1.32. The van der Waals surface area contributed by atoms with Gasteiger partial charge in [-0.2, -0.15) is 0 Å². The third kappa shape index (κ3) is 5.61. The Morgan fingerprint density at radius 2 is 1.85 bits per heavy atom. The summed E-state index contributed by atoms with van der Waals surface area (Å²) < 4.78 is 0. The van der Waals surface area contributed by atoms with E-state index >= 15 is 0 Å². The smallest absolute Gasteiger partial charge is 0.0164 e. The van der Waals surface area contributed by atoms with Crippen molar-refractivity contribution in [2.24, 2.45) is 11.7 Å². The van der Waals surface area contributed by atoms with Gasteiger partial charge in [-0.15, -0.1) is 13.2 Å². The summed E-state index contributed by atoms with van der Waals surface area (Å²) in [6.07, 6.45) is 4.99. The summed E-state index contributed by atoms with van der Waals surface area (Å²) in [4.78, 5) is 2.31. The van der Waals surface area contributed by atoms with Gasteiger partial charge in [-0.1, -0.05) is 25.5 Å². The number of hydrogen-bond donors (Lipinski definition) is 1. The van der Waals surface area contributed by atoms with Crippen LogP contribution >= 0.6 is 0 Å². The molecule has 0 aliphatic rings. The van der Waals surface area contributed by atoms with Crippen molar-refractivity contribution >= 4 is 0 Å². The summed E-state index contributed by atoms with van der Waals surface area (Å²) in [5, 5.41) is 0. The third-order valence-electron chi connectivity index (χ3n) is 2.20. The van der Waals surface area contributed by atoms with E-state index in [-0.39, 0.29) is 0 Å². The van der Waals surface area contributed by atoms with Crippen LogP contribution in [0.25, 0.3) is 0 Å². The Morgan fingerprint density at radius 3 is 2.15 bits per heavy atom. The van der Waals surface area contributed by atoms with Gasteiger partial charge in [0.05, 0.1) is 0 Å². The maximum atomic E-state index is 5.65. The summed E-state index contributed by atoms with van der Waals surface area (Å²) in [6.45, 7) is 13.3. The molecule has 2 N–H and O–H groups in total. The van der Waals surface area contributed by atoms with Gasteiger partial charge in [0, 0.05) is 19.6 Å². The number of nitrogens with zero attached hydrogens (tertiary/aromatic N) is 1. The summed E-state index contributed by atoms with van der Waals surface area (Å²) in [7, 11) is 0. The quantitative estimate of drug-likeness (QED) is 0.578. The molecule has 76 valence electrons. The summed E-state index contributed by atoms with van der Waals surface area (Å²) in [6, 6.07) is 0.